The molecular formula is C23H26N2O4S. The molecule has 30 heavy (non-hydrogen) atoms. The average molecular weight is 427 g/mol. The molecule has 2 aliphatic heterocycles. The van der Waals surface area contributed by atoms with Crippen molar-refractivity contribution < 1.29 is 19.4 Å². The molecule has 2 aliphatic rings. The van der Waals surface area contributed by atoms with Gasteiger partial charge < -0.3 is 19.6 Å². The summed E-state index contributed by atoms with van der Waals surface area (Å²) in [5, 5.41) is 13.1. The number of likely N-dealkylation sites (tertiary alicyclic amines) is 1. The summed E-state index contributed by atoms with van der Waals surface area (Å²) in [7, 11) is 3.95. The molecule has 1 N–H and O–H groups in total. The second-order valence-electron chi connectivity index (χ2n) is 8.12. The quantitative estimate of drug-likeness (QED) is 0.435. The molecule has 1 aromatic heterocycles. The second kappa shape index (κ2) is 8.24. The Hall–Kier alpha value is -2.64. The van der Waals surface area contributed by atoms with Crippen molar-refractivity contribution in [1.29, 1.82) is 0 Å². The van der Waals surface area contributed by atoms with Crippen LogP contribution in [0.4, 0.5) is 0 Å². The van der Waals surface area contributed by atoms with Crippen LogP contribution >= 0.6 is 11.3 Å². The Kier molecular flexibility index (Phi) is 5.66. The van der Waals surface area contributed by atoms with Crippen molar-refractivity contribution in [2.45, 2.75) is 31.9 Å². The van der Waals surface area contributed by atoms with Crippen LogP contribution in [0.5, 0.6) is 5.75 Å². The minimum Gasteiger partial charge on any atom is -0.507 e. The molecule has 1 amide bonds. The zero-order valence-electron chi connectivity index (χ0n) is 17.4. The van der Waals surface area contributed by atoms with Crippen molar-refractivity contribution in [3.8, 4) is 5.75 Å². The van der Waals surface area contributed by atoms with E-state index >= 15 is 0 Å². The fourth-order valence-corrected chi connectivity index (χ4v) is 4.98. The lowest BCUT2D eigenvalue weighted by molar-refractivity contribution is -0.139. The van der Waals surface area contributed by atoms with E-state index in [1.807, 2.05) is 55.6 Å². The number of aliphatic hydroxyl groups is 1. The van der Waals surface area contributed by atoms with Crippen LogP contribution in [0.3, 0.4) is 0 Å². The van der Waals surface area contributed by atoms with E-state index in [4.69, 9.17) is 4.74 Å². The third-order valence-electron chi connectivity index (χ3n) is 5.53. The number of carbonyl (C=O) groups is 2. The van der Waals surface area contributed by atoms with Gasteiger partial charge in [-0.2, -0.15) is 0 Å². The first-order chi connectivity index (χ1) is 14.4. The lowest BCUT2D eigenvalue weighted by Crippen LogP contribution is -2.32. The van der Waals surface area contributed by atoms with Gasteiger partial charge in [-0.25, -0.2) is 0 Å². The van der Waals surface area contributed by atoms with E-state index in [1.165, 1.54) is 11.3 Å². The molecule has 1 aromatic carbocycles. The van der Waals surface area contributed by atoms with Gasteiger partial charge in [-0.15, -0.1) is 11.3 Å². The standard InChI is InChI=1S/C23H26N2O4S/c1-14-12-16-13-15(7-8-17(16)29-14)21(26)19-20(18-6-4-11-30-18)25(23(28)22(19)27)10-5-9-24(2)3/h4,6-8,11,13-14,20,26H,5,9-10,12H2,1-3H3/b21-19-. The fraction of sp³-hybridized carbons (Fsp3) is 0.391. The second-order valence-corrected chi connectivity index (χ2v) is 9.10. The van der Waals surface area contributed by atoms with Crippen molar-refractivity contribution in [2.75, 3.05) is 27.2 Å². The third-order valence-corrected chi connectivity index (χ3v) is 6.45. The van der Waals surface area contributed by atoms with Crippen molar-refractivity contribution in [3.63, 3.8) is 0 Å². The first-order valence-electron chi connectivity index (χ1n) is 10.1. The van der Waals surface area contributed by atoms with Gasteiger partial charge in [0.1, 0.15) is 17.6 Å². The Bertz CT molecular complexity index is 997. The topological polar surface area (TPSA) is 70.1 Å². The maximum atomic E-state index is 13.0. The molecule has 1 saturated heterocycles. The van der Waals surface area contributed by atoms with E-state index in [2.05, 4.69) is 0 Å². The van der Waals surface area contributed by atoms with Gasteiger partial charge in [0, 0.05) is 23.4 Å². The lowest BCUT2D eigenvalue weighted by Gasteiger charge is -2.24. The summed E-state index contributed by atoms with van der Waals surface area (Å²) in [4.78, 5) is 30.4. The predicted octanol–water partition coefficient (Wildman–Crippen LogP) is 3.44. The fourth-order valence-electron chi connectivity index (χ4n) is 4.14. The van der Waals surface area contributed by atoms with E-state index in [9.17, 15) is 14.7 Å². The van der Waals surface area contributed by atoms with Gasteiger partial charge in [-0.05, 0) is 69.2 Å². The summed E-state index contributed by atoms with van der Waals surface area (Å²) in [6.45, 7) is 3.26. The highest BCUT2D eigenvalue weighted by molar-refractivity contribution is 7.10. The molecular weight excluding hydrogens is 400 g/mol. The number of aliphatic hydroxyl groups excluding tert-OH is 1. The van der Waals surface area contributed by atoms with E-state index in [1.54, 1.807) is 11.0 Å². The maximum absolute atomic E-state index is 13.0. The van der Waals surface area contributed by atoms with Crippen LogP contribution < -0.4 is 4.74 Å². The Morgan fingerprint density at radius 2 is 2.10 bits per heavy atom. The van der Waals surface area contributed by atoms with Gasteiger partial charge in [-0.1, -0.05) is 6.07 Å². The molecule has 4 rings (SSSR count). The molecule has 0 radical (unpaired) electrons. The number of ether oxygens (including phenoxy) is 1. The van der Waals surface area contributed by atoms with Gasteiger partial charge in [0.05, 0.1) is 11.6 Å². The van der Waals surface area contributed by atoms with Crippen molar-refractivity contribution in [3.05, 3.63) is 57.3 Å². The number of thiophene rings is 1. The van der Waals surface area contributed by atoms with Gasteiger partial charge in [-0.3, -0.25) is 9.59 Å². The molecule has 0 bridgehead atoms. The van der Waals surface area contributed by atoms with Crippen molar-refractivity contribution in [1.82, 2.24) is 9.80 Å². The summed E-state index contributed by atoms with van der Waals surface area (Å²) in [6.07, 6.45) is 1.59. The van der Waals surface area contributed by atoms with Crippen LogP contribution in [-0.4, -0.2) is 59.9 Å². The largest absolute Gasteiger partial charge is 0.507 e. The first-order valence-corrected chi connectivity index (χ1v) is 11.0. The van der Waals surface area contributed by atoms with Crippen LogP contribution in [-0.2, 0) is 16.0 Å². The van der Waals surface area contributed by atoms with E-state index < -0.39 is 17.7 Å². The average Bonchev–Trinajstić information content (AvgIpc) is 3.40. The number of hydrogen-bond donors (Lipinski definition) is 1. The predicted molar refractivity (Wildman–Crippen MR) is 117 cm³/mol. The molecule has 0 spiro atoms. The van der Waals surface area contributed by atoms with Crippen LogP contribution in [0, 0.1) is 0 Å². The number of hydrogen-bond acceptors (Lipinski definition) is 6. The number of fused-ring (bicyclic) bond motifs is 1. The summed E-state index contributed by atoms with van der Waals surface area (Å²) in [5.74, 6) is -0.491. The Morgan fingerprint density at radius 3 is 2.80 bits per heavy atom. The van der Waals surface area contributed by atoms with Crippen LogP contribution in [0.15, 0.2) is 41.3 Å². The summed E-state index contributed by atoms with van der Waals surface area (Å²) in [6, 6.07) is 8.67. The van der Waals surface area contributed by atoms with Crippen molar-refractivity contribution >= 4 is 28.8 Å². The number of nitrogens with zero attached hydrogens (tertiary/aromatic N) is 2. The zero-order valence-corrected chi connectivity index (χ0v) is 18.2. The minimum atomic E-state index is -0.624. The number of benzene rings is 1. The maximum Gasteiger partial charge on any atom is 0.295 e. The first kappa shape index (κ1) is 20.6. The summed E-state index contributed by atoms with van der Waals surface area (Å²) < 4.78 is 5.74. The molecule has 1 fully saturated rings. The molecule has 6 nitrogen and oxygen atoms in total. The van der Waals surface area contributed by atoms with Gasteiger partial charge in [0.15, 0.2) is 0 Å². The van der Waals surface area contributed by atoms with E-state index in [0.29, 0.717) is 12.1 Å². The van der Waals surface area contributed by atoms with Crippen LogP contribution in [0.25, 0.3) is 5.76 Å². The molecule has 2 unspecified atom stereocenters. The van der Waals surface area contributed by atoms with Gasteiger partial charge in [0.2, 0.25) is 0 Å². The third kappa shape index (κ3) is 3.75. The highest BCUT2D eigenvalue weighted by Crippen LogP contribution is 2.42. The molecule has 7 heteroatoms. The lowest BCUT2D eigenvalue weighted by atomic mass is 9.98. The molecule has 0 saturated carbocycles. The van der Waals surface area contributed by atoms with E-state index in [-0.39, 0.29) is 17.4 Å². The number of carbonyl (C=O) groups excluding carboxylic acids is 2. The highest BCUT2D eigenvalue weighted by Gasteiger charge is 2.46. The minimum absolute atomic E-state index is 0.0887. The smallest absolute Gasteiger partial charge is 0.295 e. The van der Waals surface area contributed by atoms with Gasteiger partial charge >= 0.3 is 0 Å². The number of ketones is 1. The van der Waals surface area contributed by atoms with Gasteiger partial charge in [0.25, 0.3) is 11.7 Å². The van der Waals surface area contributed by atoms with Crippen LogP contribution in [0.2, 0.25) is 0 Å². The van der Waals surface area contributed by atoms with Crippen molar-refractivity contribution in [2.24, 2.45) is 0 Å². The molecule has 158 valence electrons. The Balaban J connectivity index is 1.74. The molecule has 0 aliphatic carbocycles. The SMILES string of the molecule is CC1Cc2cc(/C(O)=C3/C(=O)C(=O)N(CCCN(C)C)C3c3cccs3)ccc2O1. The molecule has 3 heterocycles. The monoisotopic (exact) mass is 426 g/mol. The van der Waals surface area contributed by atoms with Crippen LogP contribution in [0.1, 0.15) is 35.4 Å². The zero-order chi connectivity index (χ0) is 21.4. The van der Waals surface area contributed by atoms with E-state index in [0.717, 1.165) is 35.6 Å². The molecule has 2 atom stereocenters. The number of Topliss-reactive ketones (excluding diaryl/α,β-unsaturated/α-hetero) is 1. The number of rotatable bonds is 6. The Morgan fingerprint density at radius 1 is 1.30 bits per heavy atom. The number of amides is 1. The highest BCUT2D eigenvalue weighted by atomic mass is 32.1. The summed E-state index contributed by atoms with van der Waals surface area (Å²) >= 11 is 1.48. The summed E-state index contributed by atoms with van der Waals surface area (Å²) in [5.41, 5.74) is 1.71. The Labute approximate surface area is 180 Å². The normalized spacial score (nSPS) is 22.6. The molecule has 2 aromatic rings.